The summed E-state index contributed by atoms with van der Waals surface area (Å²) in [5.41, 5.74) is 3.30. The highest BCUT2D eigenvalue weighted by Crippen LogP contribution is 2.27. The van der Waals surface area contributed by atoms with Crippen molar-refractivity contribution in [2.75, 3.05) is 0 Å². The van der Waals surface area contributed by atoms with Crippen LogP contribution in [-0.4, -0.2) is 9.55 Å². The summed E-state index contributed by atoms with van der Waals surface area (Å²) in [7, 11) is 0. The summed E-state index contributed by atoms with van der Waals surface area (Å²) in [5.74, 6) is 0.0667. The molecule has 0 radical (unpaired) electrons. The maximum absolute atomic E-state index is 13.7. The van der Waals surface area contributed by atoms with Gasteiger partial charge in [0.15, 0.2) is 0 Å². The predicted molar refractivity (Wildman–Crippen MR) is 80.0 cm³/mol. The number of alkyl halides is 1. The molecule has 0 saturated carbocycles. The van der Waals surface area contributed by atoms with Gasteiger partial charge in [0.05, 0.1) is 22.6 Å². The molecule has 0 N–H and O–H groups in total. The average Bonchev–Trinajstić information content (AvgIpc) is 2.79. The minimum Gasteiger partial charge on any atom is -0.295 e. The second kappa shape index (κ2) is 5.11. The van der Waals surface area contributed by atoms with Crippen LogP contribution >= 0.6 is 11.6 Å². The fourth-order valence-corrected chi connectivity index (χ4v) is 2.61. The summed E-state index contributed by atoms with van der Waals surface area (Å²) in [5, 5.41) is 0. The molecule has 0 atom stereocenters. The number of rotatable bonds is 2. The lowest BCUT2D eigenvalue weighted by Gasteiger charge is -2.11. The van der Waals surface area contributed by atoms with E-state index in [0.717, 1.165) is 11.1 Å². The van der Waals surface area contributed by atoms with E-state index in [1.54, 1.807) is 23.6 Å². The summed E-state index contributed by atoms with van der Waals surface area (Å²) in [6, 6.07) is 7.63. The molecule has 0 aliphatic rings. The Labute approximate surface area is 126 Å². The molecular formula is C16H13ClF2N2. The smallest absolute Gasteiger partial charge is 0.129 e. The van der Waals surface area contributed by atoms with Crippen LogP contribution in [0.1, 0.15) is 17.0 Å². The van der Waals surface area contributed by atoms with Gasteiger partial charge in [0.1, 0.15) is 17.5 Å². The molecule has 3 rings (SSSR count). The van der Waals surface area contributed by atoms with Crippen molar-refractivity contribution in [3.63, 3.8) is 0 Å². The summed E-state index contributed by atoms with van der Waals surface area (Å²) >= 11 is 5.95. The summed E-state index contributed by atoms with van der Waals surface area (Å²) < 4.78 is 29.1. The Balaban J connectivity index is 2.40. The summed E-state index contributed by atoms with van der Waals surface area (Å²) in [6.45, 7) is 3.57. The molecule has 0 amide bonds. The molecule has 1 heterocycles. The molecule has 2 nitrogen and oxygen atoms in total. The van der Waals surface area contributed by atoms with E-state index in [-0.39, 0.29) is 17.5 Å². The molecule has 5 heteroatoms. The van der Waals surface area contributed by atoms with Gasteiger partial charge in [-0.25, -0.2) is 13.8 Å². The topological polar surface area (TPSA) is 17.8 Å². The molecule has 1 aromatic heterocycles. The maximum Gasteiger partial charge on any atom is 0.129 e. The number of hydrogen-bond acceptors (Lipinski definition) is 1. The zero-order valence-electron chi connectivity index (χ0n) is 11.6. The van der Waals surface area contributed by atoms with Gasteiger partial charge < -0.3 is 0 Å². The van der Waals surface area contributed by atoms with Gasteiger partial charge in [0, 0.05) is 6.07 Å². The van der Waals surface area contributed by atoms with E-state index in [1.165, 1.54) is 18.2 Å². The number of halogens is 3. The molecule has 0 unspecified atom stereocenters. The van der Waals surface area contributed by atoms with Gasteiger partial charge >= 0.3 is 0 Å². The number of nitrogens with zero attached hydrogens (tertiary/aromatic N) is 2. The number of aryl methyl sites for hydroxylation is 2. The number of imidazole rings is 1. The SMILES string of the molecule is Cc1cc2c(cc1F)nc(CCl)n2-c1cc(F)ccc1C. The highest BCUT2D eigenvalue weighted by atomic mass is 35.5. The zero-order chi connectivity index (χ0) is 15.1. The number of aromatic nitrogens is 2. The number of benzene rings is 2. The monoisotopic (exact) mass is 306 g/mol. The van der Waals surface area contributed by atoms with Crippen LogP contribution < -0.4 is 0 Å². The minimum absolute atomic E-state index is 0.158. The van der Waals surface area contributed by atoms with Crippen LogP contribution in [0.2, 0.25) is 0 Å². The largest absolute Gasteiger partial charge is 0.295 e. The first-order valence-electron chi connectivity index (χ1n) is 6.51. The van der Waals surface area contributed by atoms with Crippen LogP contribution in [0.15, 0.2) is 30.3 Å². The van der Waals surface area contributed by atoms with E-state index in [9.17, 15) is 8.78 Å². The molecular weight excluding hydrogens is 294 g/mol. The molecule has 0 bridgehead atoms. The average molecular weight is 307 g/mol. The van der Waals surface area contributed by atoms with Crippen molar-refractivity contribution >= 4 is 22.6 Å². The van der Waals surface area contributed by atoms with Crippen molar-refractivity contribution in [3.8, 4) is 5.69 Å². The van der Waals surface area contributed by atoms with Crippen LogP contribution in [0.25, 0.3) is 16.7 Å². The van der Waals surface area contributed by atoms with E-state index in [2.05, 4.69) is 4.98 Å². The van der Waals surface area contributed by atoms with Crippen LogP contribution in [-0.2, 0) is 5.88 Å². The van der Waals surface area contributed by atoms with Crippen molar-refractivity contribution in [2.24, 2.45) is 0 Å². The Hall–Kier alpha value is -1.94. The van der Waals surface area contributed by atoms with Gasteiger partial charge in [-0.05, 0) is 43.2 Å². The van der Waals surface area contributed by atoms with Gasteiger partial charge in [-0.2, -0.15) is 0 Å². The third-order valence-electron chi connectivity index (χ3n) is 3.54. The van der Waals surface area contributed by atoms with Crippen LogP contribution in [0.4, 0.5) is 8.78 Å². The van der Waals surface area contributed by atoms with Gasteiger partial charge in [-0.1, -0.05) is 6.07 Å². The van der Waals surface area contributed by atoms with E-state index < -0.39 is 0 Å². The molecule has 2 aromatic carbocycles. The van der Waals surface area contributed by atoms with Gasteiger partial charge in [-0.15, -0.1) is 11.6 Å². The van der Waals surface area contributed by atoms with Crippen LogP contribution in [0.5, 0.6) is 0 Å². The first-order valence-corrected chi connectivity index (χ1v) is 7.04. The Kier molecular flexibility index (Phi) is 3.41. The number of fused-ring (bicyclic) bond motifs is 1. The van der Waals surface area contributed by atoms with Crippen LogP contribution in [0.3, 0.4) is 0 Å². The molecule has 0 aliphatic carbocycles. The standard InChI is InChI=1S/C16H13ClF2N2/c1-9-3-4-11(18)6-14(9)21-15-5-10(2)12(19)7-13(15)20-16(21)8-17/h3-7H,8H2,1-2H3. The second-order valence-corrected chi connectivity index (χ2v) is 5.29. The molecule has 0 saturated heterocycles. The van der Waals surface area contributed by atoms with Crippen molar-refractivity contribution in [2.45, 2.75) is 19.7 Å². The Bertz CT molecular complexity index is 840. The highest BCUT2D eigenvalue weighted by molar-refractivity contribution is 6.17. The van der Waals surface area contributed by atoms with E-state index >= 15 is 0 Å². The summed E-state index contributed by atoms with van der Waals surface area (Å²) in [4.78, 5) is 4.35. The maximum atomic E-state index is 13.7. The minimum atomic E-state index is -0.336. The van der Waals surface area contributed by atoms with Crippen molar-refractivity contribution in [1.82, 2.24) is 9.55 Å². The third kappa shape index (κ3) is 2.29. The molecule has 3 aromatic rings. The Morgan fingerprint density at radius 1 is 1.10 bits per heavy atom. The second-order valence-electron chi connectivity index (χ2n) is 5.02. The van der Waals surface area contributed by atoms with E-state index in [4.69, 9.17) is 11.6 Å². The van der Waals surface area contributed by atoms with E-state index in [0.29, 0.717) is 22.6 Å². The lowest BCUT2D eigenvalue weighted by Crippen LogP contribution is -2.02. The van der Waals surface area contributed by atoms with Gasteiger partial charge in [0.25, 0.3) is 0 Å². The third-order valence-corrected chi connectivity index (χ3v) is 3.77. The fourth-order valence-electron chi connectivity index (χ4n) is 2.43. The van der Waals surface area contributed by atoms with Crippen molar-refractivity contribution in [1.29, 1.82) is 0 Å². The zero-order valence-corrected chi connectivity index (χ0v) is 12.4. The highest BCUT2D eigenvalue weighted by Gasteiger charge is 2.15. The van der Waals surface area contributed by atoms with Crippen molar-refractivity contribution < 1.29 is 8.78 Å². The lowest BCUT2D eigenvalue weighted by atomic mass is 10.1. The van der Waals surface area contributed by atoms with Gasteiger partial charge in [0.2, 0.25) is 0 Å². The first kappa shape index (κ1) is 14.0. The van der Waals surface area contributed by atoms with Crippen LogP contribution in [0, 0.1) is 25.5 Å². The quantitative estimate of drug-likeness (QED) is 0.630. The Morgan fingerprint density at radius 2 is 1.86 bits per heavy atom. The Morgan fingerprint density at radius 3 is 2.57 bits per heavy atom. The molecule has 21 heavy (non-hydrogen) atoms. The van der Waals surface area contributed by atoms with Crippen molar-refractivity contribution in [3.05, 3.63) is 58.9 Å². The lowest BCUT2D eigenvalue weighted by molar-refractivity contribution is 0.620. The fraction of sp³-hybridized carbons (Fsp3) is 0.188. The first-order chi connectivity index (χ1) is 10.0. The van der Waals surface area contributed by atoms with Gasteiger partial charge in [-0.3, -0.25) is 4.57 Å². The predicted octanol–water partition coefficient (Wildman–Crippen LogP) is 4.66. The molecule has 108 valence electrons. The normalized spacial score (nSPS) is 11.3. The number of hydrogen-bond donors (Lipinski definition) is 0. The van der Waals surface area contributed by atoms with E-state index in [1.807, 2.05) is 6.92 Å². The molecule has 0 aliphatic heterocycles. The molecule has 0 spiro atoms. The molecule has 0 fully saturated rings. The summed E-state index contributed by atoms with van der Waals surface area (Å²) in [6.07, 6.45) is 0.